The summed E-state index contributed by atoms with van der Waals surface area (Å²) in [5.41, 5.74) is 1.33. The second kappa shape index (κ2) is 4.69. The van der Waals surface area contributed by atoms with Gasteiger partial charge in [0.1, 0.15) is 0 Å². The summed E-state index contributed by atoms with van der Waals surface area (Å²) in [6.07, 6.45) is 0. The van der Waals surface area contributed by atoms with Gasteiger partial charge in [-0.05, 0) is 30.0 Å². The fraction of sp³-hybridized carbons (Fsp3) is 0.462. The molecule has 92 valence electrons. The Balaban J connectivity index is 2.30. The van der Waals surface area contributed by atoms with Crippen LogP contribution in [-0.2, 0) is 0 Å². The normalized spacial score (nSPS) is 24.1. The van der Waals surface area contributed by atoms with E-state index in [1.54, 1.807) is 12.1 Å². The van der Waals surface area contributed by atoms with Gasteiger partial charge in [0.05, 0.1) is 5.56 Å². The Labute approximate surface area is 110 Å². The molecule has 0 spiro atoms. The van der Waals surface area contributed by atoms with Crippen LogP contribution >= 0.6 is 15.9 Å². The van der Waals surface area contributed by atoms with E-state index >= 15 is 0 Å². The van der Waals surface area contributed by atoms with Crippen molar-refractivity contribution >= 4 is 27.6 Å². The van der Waals surface area contributed by atoms with Gasteiger partial charge < -0.3 is 10.0 Å². The molecule has 0 bridgehead atoms. The van der Waals surface area contributed by atoms with Crippen molar-refractivity contribution in [3.63, 3.8) is 0 Å². The molecule has 2 unspecified atom stereocenters. The summed E-state index contributed by atoms with van der Waals surface area (Å²) in [4.78, 5) is 13.3. The molecule has 0 aromatic heterocycles. The Morgan fingerprint density at radius 1 is 1.29 bits per heavy atom. The summed E-state index contributed by atoms with van der Waals surface area (Å²) in [6, 6.07) is 5.36. The molecule has 1 N–H and O–H groups in total. The van der Waals surface area contributed by atoms with Crippen LogP contribution < -0.4 is 4.90 Å². The fourth-order valence-corrected chi connectivity index (χ4v) is 2.70. The first-order valence-electron chi connectivity index (χ1n) is 5.76. The molecule has 2 rings (SSSR count). The van der Waals surface area contributed by atoms with Gasteiger partial charge >= 0.3 is 5.97 Å². The van der Waals surface area contributed by atoms with Gasteiger partial charge in [-0.25, -0.2) is 4.79 Å². The standard InChI is InChI=1S/C13H16BrNO2/c1-8-6-15(7-9(8)2)12-4-10(13(16)17)3-11(14)5-12/h3-5,8-9H,6-7H2,1-2H3,(H,16,17). The summed E-state index contributed by atoms with van der Waals surface area (Å²) in [5, 5.41) is 9.04. The van der Waals surface area contributed by atoms with E-state index in [1.807, 2.05) is 6.07 Å². The maximum absolute atomic E-state index is 11.0. The molecule has 1 aromatic carbocycles. The molecule has 17 heavy (non-hydrogen) atoms. The molecular formula is C13H16BrNO2. The van der Waals surface area contributed by atoms with Crippen molar-refractivity contribution in [1.82, 2.24) is 0 Å². The van der Waals surface area contributed by atoms with Crippen LogP contribution in [0, 0.1) is 11.8 Å². The van der Waals surface area contributed by atoms with Gasteiger partial charge in [0.2, 0.25) is 0 Å². The first-order valence-corrected chi connectivity index (χ1v) is 6.55. The number of nitrogens with zero attached hydrogens (tertiary/aromatic N) is 1. The SMILES string of the molecule is CC1CN(c2cc(Br)cc(C(=O)O)c2)CC1C. The van der Waals surface area contributed by atoms with Crippen molar-refractivity contribution in [3.8, 4) is 0 Å². The lowest BCUT2D eigenvalue weighted by molar-refractivity contribution is 0.0697. The molecule has 3 nitrogen and oxygen atoms in total. The summed E-state index contributed by atoms with van der Waals surface area (Å²) < 4.78 is 0.819. The molecule has 1 aliphatic heterocycles. The average Bonchev–Trinajstić information content (AvgIpc) is 2.58. The third-order valence-corrected chi connectivity index (χ3v) is 3.94. The number of carbonyl (C=O) groups is 1. The van der Waals surface area contributed by atoms with Crippen LogP contribution in [0.5, 0.6) is 0 Å². The van der Waals surface area contributed by atoms with E-state index < -0.39 is 5.97 Å². The molecule has 1 heterocycles. The third kappa shape index (κ3) is 2.63. The molecule has 0 radical (unpaired) electrons. The third-order valence-electron chi connectivity index (χ3n) is 3.48. The Kier molecular flexibility index (Phi) is 3.43. The summed E-state index contributed by atoms with van der Waals surface area (Å²) in [6.45, 7) is 6.47. The van der Waals surface area contributed by atoms with E-state index in [0.717, 1.165) is 23.2 Å². The van der Waals surface area contributed by atoms with Crippen molar-refractivity contribution in [2.75, 3.05) is 18.0 Å². The number of hydrogen-bond donors (Lipinski definition) is 1. The maximum Gasteiger partial charge on any atom is 0.335 e. The molecule has 1 aliphatic rings. The van der Waals surface area contributed by atoms with Gasteiger partial charge in [-0.2, -0.15) is 0 Å². The zero-order valence-electron chi connectivity index (χ0n) is 9.98. The van der Waals surface area contributed by atoms with Gasteiger partial charge in [-0.3, -0.25) is 0 Å². The Bertz CT molecular complexity index is 437. The van der Waals surface area contributed by atoms with Crippen LogP contribution in [0.2, 0.25) is 0 Å². The molecule has 1 saturated heterocycles. The zero-order chi connectivity index (χ0) is 12.6. The summed E-state index contributed by atoms with van der Waals surface area (Å²) in [7, 11) is 0. The van der Waals surface area contributed by atoms with E-state index in [0.29, 0.717) is 17.4 Å². The number of carboxylic acids is 1. The largest absolute Gasteiger partial charge is 0.478 e. The van der Waals surface area contributed by atoms with Gasteiger partial charge in [0, 0.05) is 23.2 Å². The molecule has 0 aliphatic carbocycles. The molecule has 4 heteroatoms. The zero-order valence-corrected chi connectivity index (χ0v) is 11.6. The van der Waals surface area contributed by atoms with E-state index in [-0.39, 0.29) is 0 Å². The average molecular weight is 298 g/mol. The predicted molar refractivity (Wildman–Crippen MR) is 71.6 cm³/mol. The van der Waals surface area contributed by atoms with Crippen molar-refractivity contribution in [2.45, 2.75) is 13.8 Å². The topological polar surface area (TPSA) is 40.5 Å². The van der Waals surface area contributed by atoms with Gasteiger partial charge in [-0.1, -0.05) is 29.8 Å². The molecule has 1 aromatic rings. The highest BCUT2D eigenvalue weighted by Crippen LogP contribution is 2.30. The highest BCUT2D eigenvalue weighted by atomic mass is 79.9. The van der Waals surface area contributed by atoms with Crippen LogP contribution in [0.1, 0.15) is 24.2 Å². The minimum atomic E-state index is -0.882. The number of anilines is 1. The maximum atomic E-state index is 11.0. The molecule has 0 amide bonds. The first-order chi connectivity index (χ1) is 7.97. The Morgan fingerprint density at radius 2 is 1.88 bits per heavy atom. The molecule has 1 fully saturated rings. The van der Waals surface area contributed by atoms with Crippen LogP contribution in [0.15, 0.2) is 22.7 Å². The number of hydrogen-bond acceptors (Lipinski definition) is 2. The van der Waals surface area contributed by atoms with E-state index in [2.05, 4.69) is 34.7 Å². The van der Waals surface area contributed by atoms with E-state index in [9.17, 15) is 4.79 Å². The number of rotatable bonds is 2. The molecular weight excluding hydrogens is 282 g/mol. The fourth-order valence-electron chi connectivity index (χ4n) is 2.22. The smallest absolute Gasteiger partial charge is 0.335 e. The quantitative estimate of drug-likeness (QED) is 0.911. The van der Waals surface area contributed by atoms with Gasteiger partial charge in [-0.15, -0.1) is 0 Å². The van der Waals surface area contributed by atoms with Crippen molar-refractivity contribution in [2.24, 2.45) is 11.8 Å². The second-order valence-electron chi connectivity index (χ2n) is 4.86. The lowest BCUT2D eigenvalue weighted by Crippen LogP contribution is -2.20. The minimum Gasteiger partial charge on any atom is -0.478 e. The number of aromatic carboxylic acids is 1. The highest BCUT2D eigenvalue weighted by Gasteiger charge is 2.26. The first kappa shape index (κ1) is 12.4. The Morgan fingerprint density at radius 3 is 2.41 bits per heavy atom. The second-order valence-corrected chi connectivity index (χ2v) is 5.78. The van der Waals surface area contributed by atoms with Crippen LogP contribution in [0.25, 0.3) is 0 Å². The van der Waals surface area contributed by atoms with E-state index in [1.165, 1.54) is 0 Å². The highest BCUT2D eigenvalue weighted by molar-refractivity contribution is 9.10. The summed E-state index contributed by atoms with van der Waals surface area (Å²) >= 11 is 3.37. The van der Waals surface area contributed by atoms with Crippen molar-refractivity contribution < 1.29 is 9.90 Å². The molecule has 0 saturated carbocycles. The Hall–Kier alpha value is -1.03. The van der Waals surface area contributed by atoms with Crippen LogP contribution in [-0.4, -0.2) is 24.2 Å². The van der Waals surface area contributed by atoms with Crippen molar-refractivity contribution in [3.05, 3.63) is 28.2 Å². The number of carboxylic acid groups (broad SMARTS) is 1. The number of halogens is 1. The van der Waals surface area contributed by atoms with Crippen molar-refractivity contribution in [1.29, 1.82) is 0 Å². The van der Waals surface area contributed by atoms with Gasteiger partial charge in [0.15, 0.2) is 0 Å². The van der Waals surface area contributed by atoms with E-state index in [4.69, 9.17) is 5.11 Å². The monoisotopic (exact) mass is 297 g/mol. The summed E-state index contributed by atoms with van der Waals surface area (Å²) in [5.74, 6) is 0.428. The lowest BCUT2D eigenvalue weighted by atomic mass is 10.0. The van der Waals surface area contributed by atoms with Gasteiger partial charge in [0.25, 0.3) is 0 Å². The minimum absolute atomic E-state index is 0.335. The predicted octanol–water partition coefficient (Wildman–Crippen LogP) is 3.24. The molecule has 2 atom stereocenters. The van der Waals surface area contributed by atoms with Crippen LogP contribution in [0.3, 0.4) is 0 Å². The number of benzene rings is 1. The lowest BCUT2D eigenvalue weighted by Gasteiger charge is -2.19. The van der Waals surface area contributed by atoms with Crippen LogP contribution in [0.4, 0.5) is 5.69 Å².